The van der Waals surface area contributed by atoms with Crippen LogP contribution >= 0.6 is 0 Å². The molecule has 2 heterocycles. The molecular weight excluding hydrogens is 274 g/mol. The zero-order valence-electron chi connectivity index (χ0n) is 12.3. The number of hydrogen-bond acceptors (Lipinski definition) is 4. The van der Waals surface area contributed by atoms with Gasteiger partial charge in [0.2, 0.25) is 5.91 Å². The molecule has 7 heteroatoms. The van der Waals surface area contributed by atoms with E-state index in [2.05, 4.69) is 15.5 Å². The van der Waals surface area contributed by atoms with Crippen LogP contribution in [0.1, 0.15) is 39.0 Å². The van der Waals surface area contributed by atoms with Gasteiger partial charge >= 0.3 is 12.0 Å². The number of carbonyl (C=O) groups is 3. The molecule has 2 rings (SSSR count). The lowest BCUT2D eigenvalue weighted by atomic mass is 10.0. The number of urea groups is 1. The monoisotopic (exact) mass is 297 g/mol. The van der Waals surface area contributed by atoms with Crippen molar-refractivity contribution < 1.29 is 19.5 Å². The average Bonchev–Trinajstić information content (AvgIpc) is 2.92. The molecule has 0 radical (unpaired) electrons. The number of rotatable bonds is 5. The summed E-state index contributed by atoms with van der Waals surface area (Å²) < 4.78 is 0. The van der Waals surface area contributed by atoms with Gasteiger partial charge in [0.25, 0.3) is 0 Å². The Labute approximate surface area is 124 Å². The molecule has 2 aliphatic rings. The Balaban J connectivity index is 1.71. The van der Waals surface area contributed by atoms with Crippen molar-refractivity contribution in [3.8, 4) is 0 Å². The molecule has 2 saturated heterocycles. The van der Waals surface area contributed by atoms with Gasteiger partial charge in [0, 0.05) is 31.5 Å². The molecule has 118 valence electrons. The van der Waals surface area contributed by atoms with Crippen LogP contribution in [0.5, 0.6) is 0 Å². The largest absolute Gasteiger partial charge is 0.481 e. The summed E-state index contributed by atoms with van der Waals surface area (Å²) in [4.78, 5) is 36.4. The molecule has 0 aromatic carbocycles. The van der Waals surface area contributed by atoms with E-state index in [-0.39, 0.29) is 24.8 Å². The number of carboxylic acid groups (broad SMARTS) is 1. The first-order chi connectivity index (χ1) is 9.95. The highest BCUT2D eigenvalue weighted by atomic mass is 16.4. The first kappa shape index (κ1) is 15.8. The third-order valence-electron chi connectivity index (χ3n) is 4.23. The van der Waals surface area contributed by atoms with Gasteiger partial charge in [0.1, 0.15) is 0 Å². The van der Waals surface area contributed by atoms with Crippen molar-refractivity contribution in [2.75, 3.05) is 13.1 Å². The van der Waals surface area contributed by atoms with Crippen molar-refractivity contribution in [2.24, 2.45) is 5.92 Å². The average molecular weight is 297 g/mol. The second-order valence-corrected chi connectivity index (χ2v) is 6.07. The van der Waals surface area contributed by atoms with Crippen LogP contribution < -0.4 is 10.6 Å². The van der Waals surface area contributed by atoms with Crippen molar-refractivity contribution in [2.45, 2.75) is 51.1 Å². The molecule has 3 atom stereocenters. The second kappa shape index (κ2) is 6.89. The smallest absolute Gasteiger partial charge is 0.321 e. The van der Waals surface area contributed by atoms with Crippen LogP contribution in [0.3, 0.4) is 0 Å². The zero-order valence-corrected chi connectivity index (χ0v) is 12.3. The molecule has 0 spiro atoms. The van der Waals surface area contributed by atoms with Crippen molar-refractivity contribution in [3.63, 3.8) is 0 Å². The molecule has 0 aliphatic carbocycles. The summed E-state index contributed by atoms with van der Waals surface area (Å²) in [5.41, 5.74) is 0. The standard InChI is InChI=1S/C14H23N3O4/c1-9(8-13(19)20)7-12(18)16-14(21)15-10-4-6-17-5-2-3-11(10)17/h9-11H,2-8H2,1H3,(H,19,20)(H2,15,16,18,21). The van der Waals surface area contributed by atoms with Crippen LogP contribution in [0.15, 0.2) is 0 Å². The topological polar surface area (TPSA) is 98.7 Å². The van der Waals surface area contributed by atoms with Gasteiger partial charge in [-0.3, -0.25) is 19.8 Å². The Morgan fingerprint density at radius 2 is 2.00 bits per heavy atom. The number of amides is 3. The highest BCUT2D eigenvalue weighted by Crippen LogP contribution is 2.27. The van der Waals surface area contributed by atoms with E-state index in [0.29, 0.717) is 6.04 Å². The summed E-state index contributed by atoms with van der Waals surface area (Å²) in [6, 6.07) is 0.0369. The number of hydrogen-bond donors (Lipinski definition) is 3. The Morgan fingerprint density at radius 3 is 2.71 bits per heavy atom. The number of carbonyl (C=O) groups excluding carboxylic acids is 2. The van der Waals surface area contributed by atoms with Crippen molar-refractivity contribution >= 4 is 17.9 Å². The van der Waals surface area contributed by atoms with Gasteiger partial charge in [-0.25, -0.2) is 4.79 Å². The SMILES string of the molecule is CC(CC(=O)O)CC(=O)NC(=O)NC1CCN2CCCC12. The minimum absolute atomic E-state index is 0.0416. The van der Waals surface area contributed by atoms with Crippen LogP contribution in [-0.2, 0) is 9.59 Å². The summed E-state index contributed by atoms with van der Waals surface area (Å²) in [5, 5.41) is 13.8. The minimum atomic E-state index is -0.938. The normalized spacial score (nSPS) is 26.1. The first-order valence-corrected chi connectivity index (χ1v) is 7.52. The molecule has 3 N–H and O–H groups in total. The third-order valence-corrected chi connectivity index (χ3v) is 4.23. The van der Waals surface area contributed by atoms with Gasteiger partial charge in [-0.1, -0.05) is 6.92 Å². The maximum atomic E-state index is 11.8. The van der Waals surface area contributed by atoms with Crippen LogP contribution in [0.4, 0.5) is 4.79 Å². The fraction of sp³-hybridized carbons (Fsp3) is 0.786. The van der Waals surface area contributed by atoms with E-state index in [9.17, 15) is 14.4 Å². The van der Waals surface area contributed by atoms with Gasteiger partial charge in [0.05, 0.1) is 0 Å². The molecular formula is C14H23N3O4. The third kappa shape index (κ3) is 4.42. The molecule has 0 aromatic rings. The van der Waals surface area contributed by atoms with Crippen LogP contribution in [-0.4, -0.2) is 53.1 Å². The quantitative estimate of drug-likeness (QED) is 0.688. The summed E-state index contributed by atoms with van der Waals surface area (Å²) in [7, 11) is 0. The Kier molecular flexibility index (Phi) is 5.17. The van der Waals surface area contributed by atoms with Gasteiger partial charge in [-0.05, 0) is 31.7 Å². The lowest BCUT2D eigenvalue weighted by Gasteiger charge is -2.21. The minimum Gasteiger partial charge on any atom is -0.481 e. The molecule has 0 aromatic heterocycles. The van der Waals surface area contributed by atoms with Crippen molar-refractivity contribution in [1.29, 1.82) is 0 Å². The molecule has 21 heavy (non-hydrogen) atoms. The summed E-state index contributed by atoms with van der Waals surface area (Å²) in [5.74, 6) is -1.65. The Morgan fingerprint density at radius 1 is 1.24 bits per heavy atom. The predicted molar refractivity (Wildman–Crippen MR) is 75.7 cm³/mol. The van der Waals surface area contributed by atoms with E-state index in [4.69, 9.17) is 5.11 Å². The number of fused-ring (bicyclic) bond motifs is 1. The predicted octanol–water partition coefficient (Wildman–Crippen LogP) is 0.550. The Bertz CT molecular complexity index is 426. The van der Waals surface area contributed by atoms with Crippen molar-refractivity contribution in [3.05, 3.63) is 0 Å². The van der Waals surface area contributed by atoms with Crippen LogP contribution in [0.2, 0.25) is 0 Å². The van der Waals surface area contributed by atoms with Crippen LogP contribution in [0, 0.1) is 5.92 Å². The fourth-order valence-corrected chi connectivity index (χ4v) is 3.32. The van der Waals surface area contributed by atoms with Gasteiger partial charge < -0.3 is 10.4 Å². The summed E-state index contributed by atoms with van der Waals surface area (Å²) in [6.07, 6.45) is 3.14. The fourth-order valence-electron chi connectivity index (χ4n) is 3.32. The van der Waals surface area contributed by atoms with E-state index in [0.717, 1.165) is 32.4 Å². The molecule has 3 amide bonds. The number of nitrogens with one attached hydrogen (secondary N) is 2. The lowest BCUT2D eigenvalue weighted by molar-refractivity contribution is -0.138. The van der Waals surface area contributed by atoms with E-state index < -0.39 is 17.9 Å². The highest BCUT2D eigenvalue weighted by molar-refractivity contribution is 5.94. The summed E-state index contributed by atoms with van der Waals surface area (Å²) in [6.45, 7) is 3.77. The molecule has 7 nitrogen and oxygen atoms in total. The van der Waals surface area contributed by atoms with E-state index in [1.807, 2.05) is 0 Å². The number of aliphatic carboxylic acids is 1. The van der Waals surface area contributed by atoms with E-state index in [1.165, 1.54) is 0 Å². The molecule has 3 unspecified atom stereocenters. The van der Waals surface area contributed by atoms with E-state index in [1.54, 1.807) is 6.92 Å². The van der Waals surface area contributed by atoms with Gasteiger partial charge in [-0.15, -0.1) is 0 Å². The van der Waals surface area contributed by atoms with Gasteiger partial charge in [-0.2, -0.15) is 0 Å². The molecule has 0 bridgehead atoms. The first-order valence-electron chi connectivity index (χ1n) is 7.52. The molecule has 2 aliphatic heterocycles. The highest BCUT2D eigenvalue weighted by Gasteiger charge is 2.37. The maximum absolute atomic E-state index is 11.8. The van der Waals surface area contributed by atoms with Gasteiger partial charge in [0.15, 0.2) is 0 Å². The molecule has 0 saturated carbocycles. The Hall–Kier alpha value is -1.63. The number of nitrogens with zero attached hydrogens (tertiary/aromatic N) is 1. The van der Waals surface area contributed by atoms with Crippen molar-refractivity contribution in [1.82, 2.24) is 15.5 Å². The lowest BCUT2D eigenvalue weighted by Crippen LogP contribution is -2.48. The maximum Gasteiger partial charge on any atom is 0.321 e. The molecule has 2 fully saturated rings. The number of carboxylic acids is 1. The second-order valence-electron chi connectivity index (χ2n) is 6.07. The van der Waals surface area contributed by atoms with E-state index >= 15 is 0 Å². The summed E-state index contributed by atoms with van der Waals surface area (Å²) >= 11 is 0. The number of imide groups is 1. The zero-order chi connectivity index (χ0) is 15.4. The van der Waals surface area contributed by atoms with Crippen LogP contribution in [0.25, 0.3) is 0 Å².